The lowest BCUT2D eigenvalue weighted by atomic mass is 10.0. The minimum atomic E-state index is -0.274. The maximum atomic E-state index is 12.3. The maximum Gasteiger partial charge on any atom is 0.225 e. The van der Waals surface area contributed by atoms with Gasteiger partial charge < -0.3 is 15.5 Å². The van der Waals surface area contributed by atoms with Crippen LogP contribution in [0, 0.1) is 5.92 Å². The van der Waals surface area contributed by atoms with Crippen LogP contribution >= 0.6 is 0 Å². The van der Waals surface area contributed by atoms with Gasteiger partial charge in [0, 0.05) is 44.6 Å². The quantitative estimate of drug-likeness (QED) is 0.914. The molecule has 1 unspecified atom stereocenters. The molecule has 1 atom stereocenters. The number of carbonyl (C=O) groups excluding carboxylic acids is 2. The second kappa shape index (κ2) is 7.40. The Morgan fingerprint density at radius 3 is 2.14 bits per heavy atom. The predicted molar refractivity (Wildman–Crippen MR) is 86.0 cm³/mol. The molecule has 120 valence electrons. The van der Waals surface area contributed by atoms with Crippen molar-refractivity contribution < 1.29 is 9.59 Å². The lowest BCUT2D eigenvalue weighted by molar-refractivity contribution is -0.141. The number of piperazine rings is 1. The van der Waals surface area contributed by atoms with Crippen molar-refractivity contribution in [1.29, 1.82) is 0 Å². The van der Waals surface area contributed by atoms with Crippen molar-refractivity contribution in [2.24, 2.45) is 11.7 Å². The topological polar surface area (TPSA) is 66.6 Å². The molecule has 1 aromatic carbocycles. The molecular formula is C17H25N3O2. The molecule has 1 aliphatic rings. The Kier molecular flexibility index (Phi) is 5.55. The third kappa shape index (κ3) is 4.07. The van der Waals surface area contributed by atoms with Crippen LogP contribution in [0.5, 0.6) is 0 Å². The Hall–Kier alpha value is -1.88. The first kappa shape index (κ1) is 16.5. The van der Waals surface area contributed by atoms with Gasteiger partial charge in [-0.15, -0.1) is 0 Å². The van der Waals surface area contributed by atoms with Crippen molar-refractivity contribution in [1.82, 2.24) is 9.80 Å². The van der Waals surface area contributed by atoms with Crippen LogP contribution in [0.4, 0.5) is 0 Å². The molecule has 5 nitrogen and oxygen atoms in total. The Labute approximate surface area is 132 Å². The first-order chi connectivity index (χ1) is 10.5. The highest BCUT2D eigenvalue weighted by Crippen LogP contribution is 2.16. The van der Waals surface area contributed by atoms with Crippen LogP contribution in [0.1, 0.15) is 31.9 Å². The number of rotatable bonds is 4. The zero-order chi connectivity index (χ0) is 16.1. The van der Waals surface area contributed by atoms with Crippen molar-refractivity contribution in [2.75, 3.05) is 26.2 Å². The van der Waals surface area contributed by atoms with Crippen molar-refractivity contribution in [3.05, 3.63) is 35.9 Å². The van der Waals surface area contributed by atoms with Gasteiger partial charge in [-0.25, -0.2) is 0 Å². The second-order valence-corrected chi connectivity index (χ2v) is 6.08. The SMILES string of the molecule is CC(C)C(=O)N1CCN(C(=O)CC(N)c2ccccc2)CC1. The van der Waals surface area contributed by atoms with E-state index in [4.69, 9.17) is 5.73 Å². The van der Waals surface area contributed by atoms with Crippen molar-refractivity contribution in [2.45, 2.75) is 26.3 Å². The standard InChI is InChI=1S/C17H25N3O2/c1-13(2)17(22)20-10-8-19(9-11-20)16(21)12-15(18)14-6-4-3-5-7-14/h3-7,13,15H,8-12,18H2,1-2H3. The molecule has 22 heavy (non-hydrogen) atoms. The fourth-order valence-electron chi connectivity index (χ4n) is 2.68. The Morgan fingerprint density at radius 2 is 1.59 bits per heavy atom. The first-order valence-electron chi connectivity index (χ1n) is 7.86. The molecule has 1 aromatic rings. The minimum absolute atomic E-state index is 0.00811. The largest absolute Gasteiger partial charge is 0.339 e. The summed E-state index contributed by atoms with van der Waals surface area (Å²) in [5.41, 5.74) is 7.08. The monoisotopic (exact) mass is 303 g/mol. The number of nitrogens with two attached hydrogens (primary N) is 1. The highest BCUT2D eigenvalue weighted by Gasteiger charge is 2.26. The van der Waals surface area contributed by atoms with Crippen LogP contribution in [0.15, 0.2) is 30.3 Å². The fourth-order valence-corrected chi connectivity index (χ4v) is 2.68. The lowest BCUT2D eigenvalue weighted by Gasteiger charge is -2.36. The van der Waals surface area contributed by atoms with Crippen LogP contribution in [-0.2, 0) is 9.59 Å². The van der Waals surface area contributed by atoms with E-state index in [1.165, 1.54) is 0 Å². The van der Waals surface area contributed by atoms with Gasteiger partial charge in [-0.05, 0) is 5.56 Å². The molecule has 0 spiro atoms. The van der Waals surface area contributed by atoms with Crippen LogP contribution < -0.4 is 5.73 Å². The first-order valence-corrected chi connectivity index (χ1v) is 7.86. The zero-order valence-electron chi connectivity index (χ0n) is 13.4. The normalized spacial score (nSPS) is 16.7. The summed E-state index contributed by atoms with van der Waals surface area (Å²) in [6, 6.07) is 9.40. The molecule has 1 fully saturated rings. The summed E-state index contributed by atoms with van der Waals surface area (Å²) in [7, 11) is 0. The van der Waals surface area contributed by atoms with E-state index in [1.807, 2.05) is 54.0 Å². The number of hydrogen-bond donors (Lipinski definition) is 1. The molecule has 0 radical (unpaired) electrons. The summed E-state index contributed by atoms with van der Waals surface area (Å²) in [5, 5.41) is 0. The smallest absolute Gasteiger partial charge is 0.225 e. The summed E-state index contributed by atoms with van der Waals surface area (Å²) in [6.07, 6.45) is 0.308. The molecule has 0 aliphatic carbocycles. The summed E-state index contributed by atoms with van der Waals surface area (Å²) in [5.74, 6) is 0.231. The Morgan fingerprint density at radius 1 is 1.05 bits per heavy atom. The van der Waals surface area contributed by atoms with E-state index in [1.54, 1.807) is 0 Å². The van der Waals surface area contributed by atoms with E-state index in [0.717, 1.165) is 5.56 Å². The fraction of sp³-hybridized carbons (Fsp3) is 0.529. The molecule has 0 aromatic heterocycles. The van der Waals surface area contributed by atoms with Gasteiger partial charge in [0.05, 0.1) is 0 Å². The van der Waals surface area contributed by atoms with Gasteiger partial charge in [-0.1, -0.05) is 44.2 Å². The number of hydrogen-bond acceptors (Lipinski definition) is 3. The van der Waals surface area contributed by atoms with Gasteiger partial charge >= 0.3 is 0 Å². The lowest BCUT2D eigenvalue weighted by Crippen LogP contribution is -2.51. The molecule has 0 saturated carbocycles. The van der Waals surface area contributed by atoms with Gasteiger partial charge in [0.2, 0.25) is 11.8 Å². The number of benzene rings is 1. The van der Waals surface area contributed by atoms with Crippen molar-refractivity contribution in [3.63, 3.8) is 0 Å². The van der Waals surface area contributed by atoms with E-state index >= 15 is 0 Å². The number of nitrogens with zero attached hydrogens (tertiary/aromatic N) is 2. The van der Waals surface area contributed by atoms with Gasteiger partial charge in [0.25, 0.3) is 0 Å². The van der Waals surface area contributed by atoms with E-state index in [9.17, 15) is 9.59 Å². The average molecular weight is 303 g/mol. The van der Waals surface area contributed by atoms with Crippen LogP contribution in [0.2, 0.25) is 0 Å². The van der Waals surface area contributed by atoms with Crippen LogP contribution in [0.25, 0.3) is 0 Å². The maximum absolute atomic E-state index is 12.3. The third-order valence-electron chi connectivity index (χ3n) is 4.06. The van der Waals surface area contributed by atoms with E-state index < -0.39 is 0 Å². The molecule has 1 aliphatic heterocycles. The Balaban J connectivity index is 1.84. The van der Waals surface area contributed by atoms with Gasteiger partial charge in [0.1, 0.15) is 0 Å². The van der Waals surface area contributed by atoms with Gasteiger partial charge in [0.15, 0.2) is 0 Å². The summed E-state index contributed by atoms with van der Waals surface area (Å²) in [4.78, 5) is 27.9. The second-order valence-electron chi connectivity index (χ2n) is 6.08. The number of carbonyl (C=O) groups is 2. The van der Waals surface area contributed by atoms with E-state index in [-0.39, 0.29) is 23.8 Å². The molecule has 2 N–H and O–H groups in total. The highest BCUT2D eigenvalue weighted by atomic mass is 16.2. The Bertz CT molecular complexity index is 508. The highest BCUT2D eigenvalue weighted by molar-refractivity contribution is 5.79. The molecular weight excluding hydrogens is 278 g/mol. The van der Waals surface area contributed by atoms with Crippen molar-refractivity contribution >= 4 is 11.8 Å². The summed E-state index contributed by atoms with van der Waals surface area (Å²) < 4.78 is 0. The summed E-state index contributed by atoms with van der Waals surface area (Å²) in [6.45, 7) is 6.22. The van der Waals surface area contributed by atoms with Gasteiger partial charge in [-0.3, -0.25) is 9.59 Å². The molecule has 2 amide bonds. The van der Waals surface area contributed by atoms with E-state index in [2.05, 4.69) is 0 Å². The van der Waals surface area contributed by atoms with Crippen molar-refractivity contribution in [3.8, 4) is 0 Å². The van der Waals surface area contributed by atoms with Crippen LogP contribution in [0.3, 0.4) is 0 Å². The van der Waals surface area contributed by atoms with Gasteiger partial charge in [-0.2, -0.15) is 0 Å². The molecule has 1 saturated heterocycles. The predicted octanol–water partition coefficient (Wildman–Crippen LogP) is 1.40. The zero-order valence-corrected chi connectivity index (χ0v) is 13.4. The minimum Gasteiger partial charge on any atom is -0.339 e. The molecule has 5 heteroatoms. The molecule has 1 heterocycles. The molecule has 2 rings (SSSR count). The molecule has 0 bridgehead atoms. The third-order valence-corrected chi connectivity index (χ3v) is 4.06. The van der Waals surface area contributed by atoms with E-state index in [0.29, 0.717) is 32.6 Å². The average Bonchev–Trinajstić information content (AvgIpc) is 2.55. The summed E-state index contributed by atoms with van der Waals surface area (Å²) >= 11 is 0. The number of amides is 2. The van der Waals surface area contributed by atoms with Crippen LogP contribution in [-0.4, -0.2) is 47.8 Å².